The molecule has 0 unspecified atom stereocenters. The first kappa shape index (κ1) is 15.2. The van der Waals surface area contributed by atoms with E-state index in [1.165, 1.54) is 44.4 Å². The molecular weight excluding hydrogens is 294 g/mol. The molecule has 0 N–H and O–H groups in total. The lowest BCUT2D eigenvalue weighted by molar-refractivity contribution is -0.386. The molecule has 114 valence electrons. The molecule has 0 aliphatic carbocycles. The lowest BCUT2D eigenvalue weighted by Crippen LogP contribution is -1.92. The predicted molar refractivity (Wildman–Crippen MR) is 76.5 cm³/mol. The van der Waals surface area contributed by atoms with E-state index >= 15 is 0 Å². The Hall–Kier alpha value is -3.23. The summed E-state index contributed by atoms with van der Waals surface area (Å²) < 4.78 is 9.97. The van der Waals surface area contributed by atoms with Crippen LogP contribution in [0.1, 0.15) is 17.0 Å². The van der Waals surface area contributed by atoms with Gasteiger partial charge in [-0.1, -0.05) is 5.16 Å². The second-order valence-electron chi connectivity index (χ2n) is 4.25. The van der Waals surface area contributed by atoms with Gasteiger partial charge in [-0.25, -0.2) is 0 Å². The summed E-state index contributed by atoms with van der Waals surface area (Å²) in [6.07, 6.45) is 2.75. The average Bonchev–Trinajstić information content (AvgIpc) is 2.85. The number of nitrogens with zero attached hydrogens (tertiary/aromatic N) is 3. The fourth-order valence-corrected chi connectivity index (χ4v) is 1.84. The number of nitro groups is 2. The molecule has 2 aromatic rings. The predicted octanol–water partition coefficient (Wildman–Crippen LogP) is 2.98. The molecule has 1 aromatic heterocycles. The zero-order chi connectivity index (χ0) is 16.3. The van der Waals surface area contributed by atoms with Gasteiger partial charge in [-0.3, -0.25) is 20.2 Å². The van der Waals surface area contributed by atoms with Gasteiger partial charge in [0.1, 0.15) is 5.75 Å². The van der Waals surface area contributed by atoms with E-state index in [-0.39, 0.29) is 22.8 Å². The van der Waals surface area contributed by atoms with Crippen molar-refractivity contribution < 1.29 is 19.1 Å². The van der Waals surface area contributed by atoms with Crippen LogP contribution in [-0.4, -0.2) is 22.1 Å². The van der Waals surface area contributed by atoms with E-state index in [0.29, 0.717) is 11.3 Å². The molecule has 9 nitrogen and oxygen atoms in total. The van der Waals surface area contributed by atoms with Crippen LogP contribution in [0.15, 0.2) is 22.7 Å². The molecule has 0 aliphatic rings. The maximum absolute atomic E-state index is 10.9. The number of hydrogen-bond acceptors (Lipinski definition) is 7. The number of benzene rings is 1. The molecular formula is C13H11N3O6. The first-order valence-corrected chi connectivity index (χ1v) is 6.05. The highest BCUT2D eigenvalue weighted by atomic mass is 16.6. The maximum Gasteiger partial charge on any atom is 0.338 e. The van der Waals surface area contributed by atoms with Gasteiger partial charge in [-0.05, 0) is 25.1 Å². The molecule has 1 aromatic carbocycles. The summed E-state index contributed by atoms with van der Waals surface area (Å²) in [5.74, 6) is 0.344. The Labute approximate surface area is 124 Å². The van der Waals surface area contributed by atoms with Crippen LogP contribution in [0.2, 0.25) is 0 Å². The molecule has 9 heteroatoms. The van der Waals surface area contributed by atoms with Crippen molar-refractivity contribution in [3.8, 4) is 5.75 Å². The standard InChI is InChI=1S/C13H11N3O6/c1-8-13(16(19)20)12(22-14-8)5-3-9-7-10(15(17)18)4-6-11(9)21-2/h3-7H,1-2H3. The Balaban J connectivity index is 2.43. The molecule has 0 bridgehead atoms. The van der Waals surface area contributed by atoms with Gasteiger partial charge < -0.3 is 9.26 Å². The van der Waals surface area contributed by atoms with Crippen LogP contribution in [0.4, 0.5) is 11.4 Å². The lowest BCUT2D eigenvalue weighted by Gasteiger charge is -2.03. The van der Waals surface area contributed by atoms with E-state index in [2.05, 4.69) is 5.16 Å². The summed E-state index contributed by atoms with van der Waals surface area (Å²) in [7, 11) is 1.42. The molecule has 1 heterocycles. The fourth-order valence-electron chi connectivity index (χ4n) is 1.84. The highest BCUT2D eigenvalue weighted by molar-refractivity contribution is 5.75. The van der Waals surface area contributed by atoms with Gasteiger partial charge in [0, 0.05) is 17.7 Å². The third-order valence-corrected chi connectivity index (χ3v) is 2.88. The zero-order valence-corrected chi connectivity index (χ0v) is 11.7. The molecule has 0 saturated heterocycles. The highest BCUT2D eigenvalue weighted by Crippen LogP contribution is 2.28. The van der Waals surface area contributed by atoms with Gasteiger partial charge in [0.15, 0.2) is 5.69 Å². The van der Waals surface area contributed by atoms with Crippen LogP contribution in [-0.2, 0) is 0 Å². The molecule has 0 spiro atoms. The number of rotatable bonds is 5. The number of aromatic nitrogens is 1. The van der Waals surface area contributed by atoms with Gasteiger partial charge >= 0.3 is 5.69 Å². The molecule has 2 rings (SSSR count). The van der Waals surface area contributed by atoms with Crippen molar-refractivity contribution in [3.05, 3.63) is 55.4 Å². The Bertz CT molecular complexity index is 765. The molecule has 22 heavy (non-hydrogen) atoms. The SMILES string of the molecule is COc1ccc([N+](=O)[O-])cc1C=Cc1onc(C)c1[N+](=O)[O-]. The van der Waals surface area contributed by atoms with Gasteiger partial charge in [0.25, 0.3) is 5.69 Å². The first-order valence-electron chi connectivity index (χ1n) is 6.05. The summed E-state index contributed by atoms with van der Waals surface area (Å²) in [5.41, 5.74) is 0.167. The summed E-state index contributed by atoms with van der Waals surface area (Å²) in [5, 5.41) is 25.3. The second-order valence-corrected chi connectivity index (χ2v) is 4.25. The van der Waals surface area contributed by atoms with Crippen LogP contribution >= 0.6 is 0 Å². The number of methoxy groups -OCH3 is 1. The van der Waals surface area contributed by atoms with Crippen LogP contribution in [0, 0.1) is 27.2 Å². The number of aryl methyl sites for hydroxylation is 1. The van der Waals surface area contributed by atoms with Crippen molar-refractivity contribution in [3.63, 3.8) is 0 Å². The van der Waals surface area contributed by atoms with E-state index in [0.717, 1.165) is 0 Å². The Kier molecular flexibility index (Phi) is 4.16. The van der Waals surface area contributed by atoms with Crippen LogP contribution in [0.5, 0.6) is 5.75 Å². The van der Waals surface area contributed by atoms with Crippen molar-refractivity contribution in [1.29, 1.82) is 0 Å². The molecule has 0 radical (unpaired) electrons. The number of nitro benzene ring substituents is 1. The monoisotopic (exact) mass is 305 g/mol. The number of hydrogen-bond donors (Lipinski definition) is 0. The second kappa shape index (κ2) is 6.04. The molecule has 0 saturated carbocycles. The van der Waals surface area contributed by atoms with Crippen LogP contribution < -0.4 is 4.74 Å². The Morgan fingerprint density at radius 3 is 2.55 bits per heavy atom. The van der Waals surface area contributed by atoms with E-state index < -0.39 is 9.85 Å². The zero-order valence-electron chi connectivity index (χ0n) is 11.7. The van der Waals surface area contributed by atoms with Gasteiger partial charge in [0.2, 0.25) is 5.76 Å². The van der Waals surface area contributed by atoms with Gasteiger partial charge in [0.05, 0.1) is 17.0 Å². The first-order chi connectivity index (χ1) is 10.4. The lowest BCUT2D eigenvalue weighted by atomic mass is 10.1. The summed E-state index contributed by atoms with van der Waals surface area (Å²) >= 11 is 0. The van der Waals surface area contributed by atoms with Crippen molar-refractivity contribution in [2.75, 3.05) is 7.11 Å². The average molecular weight is 305 g/mol. The minimum atomic E-state index is -0.601. The quantitative estimate of drug-likeness (QED) is 0.614. The van der Waals surface area contributed by atoms with Crippen molar-refractivity contribution in [1.82, 2.24) is 5.16 Å². The van der Waals surface area contributed by atoms with Crippen LogP contribution in [0.3, 0.4) is 0 Å². The molecule has 0 amide bonds. The van der Waals surface area contributed by atoms with E-state index in [1.54, 1.807) is 0 Å². The smallest absolute Gasteiger partial charge is 0.338 e. The van der Waals surface area contributed by atoms with Crippen molar-refractivity contribution in [2.24, 2.45) is 0 Å². The highest BCUT2D eigenvalue weighted by Gasteiger charge is 2.22. The number of ether oxygens (including phenoxy) is 1. The third kappa shape index (κ3) is 2.92. The molecule has 0 fully saturated rings. The van der Waals surface area contributed by atoms with Crippen molar-refractivity contribution >= 4 is 23.5 Å². The van der Waals surface area contributed by atoms with E-state index in [9.17, 15) is 20.2 Å². The van der Waals surface area contributed by atoms with Gasteiger partial charge in [-0.15, -0.1) is 0 Å². The topological polar surface area (TPSA) is 122 Å². The minimum Gasteiger partial charge on any atom is -0.496 e. The summed E-state index contributed by atoms with van der Waals surface area (Å²) in [6.45, 7) is 1.45. The fraction of sp³-hybridized carbons (Fsp3) is 0.154. The Morgan fingerprint density at radius 1 is 1.23 bits per heavy atom. The van der Waals surface area contributed by atoms with Gasteiger partial charge in [-0.2, -0.15) is 0 Å². The Morgan fingerprint density at radius 2 is 1.95 bits per heavy atom. The largest absolute Gasteiger partial charge is 0.496 e. The maximum atomic E-state index is 10.9. The minimum absolute atomic E-state index is 0.0453. The summed E-state index contributed by atoms with van der Waals surface area (Å²) in [4.78, 5) is 20.6. The normalized spacial score (nSPS) is 10.8. The van der Waals surface area contributed by atoms with E-state index in [1.807, 2.05) is 0 Å². The third-order valence-electron chi connectivity index (χ3n) is 2.88. The molecule has 0 atom stereocenters. The summed E-state index contributed by atoms with van der Waals surface area (Å²) in [6, 6.07) is 4.04. The van der Waals surface area contributed by atoms with E-state index in [4.69, 9.17) is 9.26 Å². The number of non-ortho nitro benzene ring substituents is 1. The van der Waals surface area contributed by atoms with Crippen LogP contribution in [0.25, 0.3) is 12.2 Å². The molecule has 0 aliphatic heterocycles. The van der Waals surface area contributed by atoms with Crippen molar-refractivity contribution in [2.45, 2.75) is 6.92 Å².